The lowest BCUT2D eigenvalue weighted by Crippen LogP contribution is -2.17. The highest BCUT2D eigenvalue weighted by molar-refractivity contribution is 9.10. The Morgan fingerprint density at radius 2 is 1.95 bits per heavy atom. The fourth-order valence-electron chi connectivity index (χ4n) is 1.44. The average molecular weight is 429 g/mol. The molecule has 0 aliphatic heterocycles. The van der Waals surface area contributed by atoms with Gasteiger partial charge in [0, 0.05) is 5.69 Å². The maximum atomic E-state index is 12.1. The molecule has 0 aliphatic rings. The first-order valence-electron chi connectivity index (χ1n) is 5.36. The maximum Gasteiger partial charge on any atom is 0.573 e. The first kappa shape index (κ1) is 15.9. The molecule has 1 amide bonds. The van der Waals surface area contributed by atoms with Crippen molar-refractivity contribution in [1.82, 2.24) is 0 Å². The number of ether oxygens (including phenoxy) is 1. The number of anilines is 1. The molecular formula is C12H6Br2F3NO3. The Morgan fingerprint density at radius 3 is 2.48 bits per heavy atom. The SMILES string of the molecule is O=C(Nc1ccc(OC(F)(F)F)c(Br)c1)c1ccoc1Br. The third kappa shape index (κ3) is 4.24. The lowest BCUT2D eigenvalue weighted by molar-refractivity contribution is -0.274. The van der Waals surface area contributed by atoms with Crippen molar-refractivity contribution in [2.45, 2.75) is 6.36 Å². The molecule has 1 N–H and O–H groups in total. The van der Waals surface area contributed by atoms with Gasteiger partial charge in [-0.1, -0.05) is 0 Å². The van der Waals surface area contributed by atoms with E-state index in [-0.39, 0.29) is 14.7 Å². The summed E-state index contributed by atoms with van der Waals surface area (Å²) < 4.78 is 45.4. The molecule has 0 aliphatic carbocycles. The van der Waals surface area contributed by atoms with Crippen molar-refractivity contribution in [2.75, 3.05) is 5.32 Å². The van der Waals surface area contributed by atoms with Crippen molar-refractivity contribution in [1.29, 1.82) is 0 Å². The molecule has 21 heavy (non-hydrogen) atoms. The number of hydrogen-bond donors (Lipinski definition) is 1. The van der Waals surface area contributed by atoms with Gasteiger partial charge in [0.1, 0.15) is 5.75 Å². The van der Waals surface area contributed by atoms with Crippen molar-refractivity contribution in [3.63, 3.8) is 0 Å². The van der Waals surface area contributed by atoms with Crippen molar-refractivity contribution >= 4 is 43.5 Å². The van der Waals surface area contributed by atoms with Crippen LogP contribution >= 0.6 is 31.9 Å². The Kier molecular flexibility index (Phi) is 4.62. The summed E-state index contributed by atoms with van der Waals surface area (Å²) in [7, 11) is 0. The second-order valence-electron chi connectivity index (χ2n) is 3.76. The highest BCUT2D eigenvalue weighted by Crippen LogP contribution is 2.32. The number of halogens is 5. The molecule has 2 aromatic rings. The van der Waals surface area contributed by atoms with Gasteiger partial charge in [-0.05, 0) is 56.1 Å². The van der Waals surface area contributed by atoms with Crippen LogP contribution in [-0.2, 0) is 0 Å². The molecule has 0 saturated carbocycles. The molecule has 0 saturated heterocycles. The van der Waals surface area contributed by atoms with Crippen molar-refractivity contribution < 1.29 is 27.1 Å². The van der Waals surface area contributed by atoms with Crippen LogP contribution in [0.1, 0.15) is 10.4 Å². The number of hydrogen-bond acceptors (Lipinski definition) is 3. The molecule has 4 nitrogen and oxygen atoms in total. The van der Waals surface area contributed by atoms with E-state index in [2.05, 4.69) is 41.9 Å². The molecule has 1 heterocycles. The number of alkyl halides is 3. The Hall–Kier alpha value is -1.48. The molecular weight excluding hydrogens is 423 g/mol. The van der Waals surface area contributed by atoms with Gasteiger partial charge >= 0.3 is 6.36 Å². The van der Waals surface area contributed by atoms with Gasteiger partial charge in [0.05, 0.1) is 16.3 Å². The number of benzene rings is 1. The van der Waals surface area contributed by atoms with E-state index < -0.39 is 18.0 Å². The minimum absolute atomic E-state index is 0.0592. The normalized spacial score (nSPS) is 11.3. The summed E-state index contributed by atoms with van der Waals surface area (Å²) in [5.41, 5.74) is 0.566. The number of amides is 1. The van der Waals surface area contributed by atoms with E-state index >= 15 is 0 Å². The molecule has 0 atom stereocenters. The second-order valence-corrected chi connectivity index (χ2v) is 5.33. The zero-order valence-electron chi connectivity index (χ0n) is 10.0. The third-order valence-electron chi connectivity index (χ3n) is 2.28. The van der Waals surface area contributed by atoms with Crippen LogP contribution in [0.2, 0.25) is 0 Å². The van der Waals surface area contributed by atoms with Crippen LogP contribution in [-0.4, -0.2) is 12.3 Å². The molecule has 1 aromatic heterocycles. The second kappa shape index (κ2) is 6.10. The summed E-state index contributed by atoms with van der Waals surface area (Å²) in [5.74, 6) is -0.864. The van der Waals surface area contributed by atoms with Gasteiger partial charge in [-0.15, -0.1) is 13.2 Å². The smallest absolute Gasteiger partial charge is 0.457 e. The van der Waals surface area contributed by atoms with Gasteiger partial charge < -0.3 is 14.5 Å². The van der Waals surface area contributed by atoms with Gasteiger partial charge in [0.15, 0.2) is 4.67 Å². The van der Waals surface area contributed by atoms with Gasteiger partial charge in [-0.2, -0.15) is 0 Å². The van der Waals surface area contributed by atoms with Gasteiger partial charge in [-0.3, -0.25) is 4.79 Å². The predicted octanol–water partition coefficient (Wildman–Crippen LogP) is 4.96. The van der Waals surface area contributed by atoms with Crippen LogP contribution in [0.15, 0.2) is 44.1 Å². The van der Waals surface area contributed by atoms with Crippen LogP contribution in [0.4, 0.5) is 18.9 Å². The summed E-state index contributed by atoms with van der Waals surface area (Å²) >= 11 is 6.01. The molecule has 0 spiro atoms. The van der Waals surface area contributed by atoms with Gasteiger partial charge in [-0.25, -0.2) is 0 Å². The number of rotatable bonds is 3. The molecule has 0 bridgehead atoms. The summed E-state index contributed by atoms with van der Waals surface area (Å²) in [5, 5.41) is 2.52. The number of furan rings is 1. The average Bonchev–Trinajstić information content (AvgIpc) is 2.77. The Bertz CT molecular complexity index is 670. The lowest BCUT2D eigenvalue weighted by Gasteiger charge is -2.12. The van der Waals surface area contributed by atoms with E-state index in [1.54, 1.807) is 0 Å². The number of nitrogens with one attached hydrogen (secondary N) is 1. The van der Waals surface area contributed by atoms with E-state index in [0.717, 1.165) is 6.07 Å². The Balaban J connectivity index is 2.14. The Labute approximate surface area is 133 Å². The van der Waals surface area contributed by atoms with Crippen LogP contribution in [0.3, 0.4) is 0 Å². The van der Waals surface area contributed by atoms with Crippen molar-refractivity contribution in [3.05, 3.63) is 45.2 Å². The number of carbonyl (C=O) groups excluding carboxylic acids is 1. The van der Waals surface area contributed by atoms with Crippen molar-refractivity contribution in [2.24, 2.45) is 0 Å². The molecule has 1 aromatic carbocycles. The summed E-state index contributed by atoms with van der Waals surface area (Å²) in [6, 6.07) is 5.14. The topological polar surface area (TPSA) is 51.5 Å². The van der Waals surface area contributed by atoms with Crippen molar-refractivity contribution in [3.8, 4) is 5.75 Å². The molecule has 0 radical (unpaired) electrons. The van der Waals surface area contributed by atoms with E-state index in [4.69, 9.17) is 4.42 Å². The van der Waals surface area contributed by atoms with E-state index in [1.807, 2.05) is 0 Å². The lowest BCUT2D eigenvalue weighted by atomic mass is 10.2. The number of carbonyl (C=O) groups is 1. The van der Waals surface area contributed by atoms with Crippen LogP contribution in [0, 0.1) is 0 Å². The largest absolute Gasteiger partial charge is 0.573 e. The third-order valence-corrected chi connectivity index (χ3v) is 3.51. The fourth-order valence-corrected chi connectivity index (χ4v) is 2.32. The zero-order chi connectivity index (χ0) is 15.6. The van der Waals surface area contributed by atoms with E-state index in [0.29, 0.717) is 5.69 Å². The highest BCUT2D eigenvalue weighted by atomic mass is 79.9. The zero-order valence-corrected chi connectivity index (χ0v) is 13.2. The maximum absolute atomic E-state index is 12.1. The fraction of sp³-hybridized carbons (Fsp3) is 0.0833. The monoisotopic (exact) mass is 427 g/mol. The van der Waals surface area contributed by atoms with E-state index in [9.17, 15) is 18.0 Å². The molecule has 0 fully saturated rings. The quantitative estimate of drug-likeness (QED) is 0.752. The van der Waals surface area contributed by atoms with Crippen LogP contribution in [0.5, 0.6) is 5.75 Å². The minimum atomic E-state index is -4.78. The molecule has 2 rings (SSSR count). The summed E-state index contributed by atoms with van der Waals surface area (Å²) in [6.07, 6.45) is -3.45. The molecule has 112 valence electrons. The standard InChI is InChI=1S/C12H6Br2F3NO3/c13-8-5-6(1-2-9(8)21-12(15,16)17)18-11(19)7-3-4-20-10(7)14/h1-5H,(H,18,19). The summed E-state index contributed by atoms with van der Waals surface area (Å²) in [6.45, 7) is 0. The molecule has 0 unspecified atom stereocenters. The van der Waals surface area contributed by atoms with Gasteiger partial charge in [0.25, 0.3) is 5.91 Å². The van der Waals surface area contributed by atoms with E-state index in [1.165, 1.54) is 24.5 Å². The minimum Gasteiger partial charge on any atom is -0.457 e. The van der Waals surface area contributed by atoms with Crippen LogP contribution < -0.4 is 10.1 Å². The molecule has 9 heteroatoms. The highest BCUT2D eigenvalue weighted by Gasteiger charge is 2.32. The first-order chi connectivity index (χ1) is 9.76. The first-order valence-corrected chi connectivity index (χ1v) is 6.94. The van der Waals surface area contributed by atoms with Crippen LogP contribution in [0.25, 0.3) is 0 Å². The Morgan fingerprint density at radius 1 is 1.24 bits per heavy atom. The van der Waals surface area contributed by atoms with Gasteiger partial charge in [0.2, 0.25) is 0 Å². The predicted molar refractivity (Wildman–Crippen MR) is 75.2 cm³/mol. The summed E-state index contributed by atoms with van der Waals surface area (Å²) in [4.78, 5) is 11.9.